The first-order chi connectivity index (χ1) is 8.83. The summed E-state index contributed by atoms with van der Waals surface area (Å²) in [4.78, 5) is 14.4. The summed E-state index contributed by atoms with van der Waals surface area (Å²) in [5, 5.41) is 3.95. The fourth-order valence-electron chi connectivity index (χ4n) is 2.94. The standard InChI is InChI=1S/C14H24N2OS/c17-14(13-2-1-9-18-13)16-7-5-12(6-8-16)15-10-11-3-4-11/h11-13,15H,1-10H2. The highest BCUT2D eigenvalue weighted by Gasteiger charge is 2.31. The first-order valence-electron chi connectivity index (χ1n) is 7.46. The highest BCUT2D eigenvalue weighted by Crippen LogP contribution is 2.29. The second-order valence-electron chi connectivity index (χ2n) is 5.95. The van der Waals surface area contributed by atoms with Crippen LogP contribution in [0.1, 0.15) is 38.5 Å². The number of thioether (sulfide) groups is 1. The van der Waals surface area contributed by atoms with Gasteiger partial charge in [0.25, 0.3) is 0 Å². The molecule has 1 amide bonds. The third-order valence-corrected chi connectivity index (χ3v) is 5.77. The lowest BCUT2D eigenvalue weighted by Gasteiger charge is -2.33. The van der Waals surface area contributed by atoms with Gasteiger partial charge in [-0.05, 0) is 56.7 Å². The van der Waals surface area contributed by atoms with Gasteiger partial charge in [-0.15, -0.1) is 11.8 Å². The van der Waals surface area contributed by atoms with Gasteiger partial charge >= 0.3 is 0 Å². The molecule has 0 spiro atoms. The van der Waals surface area contributed by atoms with Crippen molar-refractivity contribution in [2.24, 2.45) is 5.92 Å². The number of carbonyl (C=O) groups excluding carboxylic acids is 1. The summed E-state index contributed by atoms with van der Waals surface area (Å²) in [6.07, 6.45) is 7.46. The summed E-state index contributed by atoms with van der Waals surface area (Å²) in [6, 6.07) is 0.658. The molecular formula is C14H24N2OS. The third-order valence-electron chi connectivity index (χ3n) is 4.40. The molecule has 1 unspecified atom stereocenters. The Morgan fingerprint density at radius 2 is 1.94 bits per heavy atom. The van der Waals surface area contributed by atoms with Crippen LogP contribution in [0.15, 0.2) is 0 Å². The van der Waals surface area contributed by atoms with Gasteiger partial charge < -0.3 is 10.2 Å². The van der Waals surface area contributed by atoms with E-state index in [0.717, 1.165) is 38.3 Å². The van der Waals surface area contributed by atoms with Crippen molar-refractivity contribution in [2.45, 2.75) is 49.8 Å². The summed E-state index contributed by atoms with van der Waals surface area (Å²) >= 11 is 1.86. The Morgan fingerprint density at radius 3 is 2.56 bits per heavy atom. The van der Waals surface area contributed by atoms with E-state index in [1.54, 1.807) is 0 Å². The number of likely N-dealkylation sites (tertiary alicyclic amines) is 1. The molecule has 3 nitrogen and oxygen atoms in total. The summed E-state index contributed by atoms with van der Waals surface area (Å²) in [5.41, 5.74) is 0. The number of carbonyl (C=O) groups is 1. The molecule has 1 saturated carbocycles. The van der Waals surface area contributed by atoms with Gasteiger partial charge in [-0.25, -0.2) is 0 Å². The van der Waals surface area contributed by atoms with Crippen LogP contribution in [0.25, 0.3) is 0 Å². The van der Waals surface area contributed by atoms with Crippen molar-refractivity contribution in [2.75, 3.05) is 25.4 Å². The highest BCUT2D eigenvalue weighted by atomic mass is 32.2. The number of nitrogens with zero attached hydrogens (tertiary/aromatic N) is 1. The lowest BCUT2D eigenvalue weighted by Crippen LogP contribution is -2.47. The van der Waals surface area contributed by atoms with E-state index in [4.69, 9.17) is 0 Å². The van der Waals surface area contributed by atoms with Crippen LogP contribution < -0.4 is 5.32 Å². The highest BCUT2D eigenvalue weighted by molar-refractivity contribution is 8.00. The van der Waals surface area contributed by atoms with E-state index in [9.17, 15) is 4.79 Å². The van der Waals surface area contributed by atoms with Crippen LogP contribution in [0.4, 0.5) is 0 Å². The zero-order valence-corrected chi connectivity index (χ0v) is 11.9. The van der Waals surface area contributed by atoms with Gasteiger partial charge in [-0.2, -0.15) is 0 Å². The molecule has 3 aliphatic rings. The van der Waals surface area contributed by atoms with E-state index in [0.29, 0.717) is 11.9 Å². The van der Waals surface area contributed by atoms with E-state index in [-0.39, 0.29) is 5.25 Å². The number of nitrogens with one attached hydrogen (secondary N) is 1. The van der Waals surface area contributed by atoms with Crippen LogP contribution in [0.5, 0.6) is 0 Å². The number of hydrogen-bond acceptors (Lipinski definition) is 3. The molecule has 2 aliphatic heterocycles. The average molecular weight is 268 g/mol. The Bertz CT molecular complexity index is 292. The molecule has 4 heteroatoms. The van der Waals surface area contributed by atoms with Gasteiger partial charge in [0, 0.05) is 19.1 Å². The van der Waals surface area contributed by atoms with Crippen LogP contribution in [-0.4, -0.2) is 47.5 Å². The van der Waals surface area contributed by atoms with Gasteiger partial charge in [0.15, 0.2) is 0 Å². The molecule has 2 heterocycles. The van der Waals surface area contributed by atoms with E-state index >= 15 is 0 Å². The number of hydrogen-bond donors (Lipinski definition) is 1. The predicted octanol–water partition coefficient (Wildman–Crippen LogP) is 1.87. The molecule has 2 saturated heterocycles. The Morgan fingerprint density at radius 1 is 1.17 bits per heavy atom. The van der Waals surface area contributed by atoms with Crippen molar-refractivity contribution in [1.29, 1.82) is 0 Å². The van der Waals surface area contributed by atoms with Crippen LogP contribution >= 0.6 is 11.8 Å². The normalized spacial score (nSPS) is 29.8. The smallest absolute Gasteiger partial charge is 0.235 e. The topological polar surface area (TPSA) is 32.3 Å². The van der Waals surface area contributed by atoms with E-state index < -0.39 is 0 Å². The first kappa shape index (κ1) is 12.8. The van der Waals surface area contributed by atoms with Crippen molar-refractivity contribution in [1.82, 2.24) is 10.2 Å². The molecule has 1 N–H and O–H groups in total. The van der Waals surface area contributed by atoms with Crippen molar-refractivity contribution in [3.05, 3.63) is 0 Å². The van der Waals surface area contributed by atoms with Crippen LogP contribution in [0.2, 0.25) is 0 Å². The molecule has 0 radical (unpaired) electrons. The zero-order valence-electron chi connectivity index (χ0n) is 11.1. The number of amides is 1. The maximum absolute atomic E-state index is 12.3. The molecule has 3 rings (SSSR count). The summed E-state index contributed by atoms with van der Waals surface area (Å²) in [5.74, 6) is 2.55. The first-order valence-corrected chi connectivity index (χ1v) is 8.51. The van der Waals surface area contributed by atoms with Crippen molar-refractivity contribution in [3.8, 4) is 0 Å². The molecule has 0 aromatic heterocycles. The lowest BCUT2D eigenvalue weighted by atomic mass is 10.0. The van der Waals surface area contributed by atoms with Gasteiger partial charge in [-0.3, -0.25) is 4.79 Å². The second-order valence-corrected chi connectivity index (χ2v) is 7.26. The fourth-order valence-corrected chi connectivity index (χ4v) is 4.18. The molecule has 0 aromatic rings. The molecule has 1 aliphatic carbocycles. The summed E-state index contributed by atoms with van der Waals surface area (Å²) < 4.78 is 0. The minimum atomic E-state index is 0.279. The maximum Gasteiger partial charge on any atom is 0.235 e. The van der Waals surface area contributed by atoms with E-state index in [1.807, 2.05) is 11.8 Å². The lowest BCUT2D eigenvalue weighted by molar-refractivity contribution is -0.131. The van der Waals surface area contributed by atoms with Gasteiger partial charge in [0.1, 0.15) is 0 Å². The quantitative estimate of drug-likeness (QED) is 0.845. The Hall–Kier alpha value is -0.220. The van der Waals surface area contributed by atoms with Gasteiger partial charge in [0.2, 0.25) is 5.91 Å². The maximum atomic E-state index is 12.3. The third kappa shape index (κ3) is 3.21. The molecular weight excluding hydrogens is 244 g/mol. The van der Waals surface area contributed by atoms with E-state index in [2.05, 4.69) is 10.2 Å². The zero-order chi connectivity index (χ0) is 12.4. The second kappa shape index (κ2) is 5.83. The fraction of sp³-hybridized carbons (Fsp3) is 0.929. The van der Waals surface area contributed by atoms with Crippen molar-refractivity contribution >= 4 is 17.7 Å². The van der Waals surface area contributed by atoms with Crippen LogP contribution in [0, 0.1) is 5.92 Å². The largest absolute Gasteiger partial charge is 0.342 e. The molecule has 102 valence electrons. The molecule has 1 atom stereocenters. The monoisotopic (exact) mass is 268 g/mol. The molecule has 3 fully saturated rings. The van der Waals surface area contributed by atoms with Crippen molar-refractivity contribution in [3.63, 3.8) is 0 Å². The van der Waals surface area contributed by atoms with Gasteiger partial charge in [-0.1, -0.05) is 0 Å². The average Bonchev–Trinajstić information content (AvgIpc) is 3.08. The van der Waals surface area contributed by atoms with Crippen molar-refractivity contribution < 1.29 is 4.79 Å². The van der Waals surface area contributed by atoms with Crippen LogP contribution in [-0.2, 0) is 4.79 Å². The number of rotatable bonds is 4. The van der Waals surface area contributed by atoms with Crippen LogP contribution in [0.3, 0.4) is 0 Å². The number of piperidine rings is 1. The van der Waals surface area contributed by atoms with Gasteiger partial charge in [0.05, 0.1) is 5.25 Å². The Labute approximate surface area is 114 Å². The summed E-state index contributed by atoms with van der Waals surface area (Å²) in [7, 11) is 0. The minimum absolute atomic E-state index is 0.279. The Kier molecular flexibility index (Phi) is 4.14. The predicted molar refractivity (Wildman–Crippen MR) is 75.8 cm³/mol. The van der Waals surface area contributed by atoms with E-state index in [1.165, 1.54) is 31.6 Å². The summed E-state index contributed by atoms with van der Waals surface area (Å²) in [6.45, 7) is 3.15. The SMILES string of the molecule is O=C(C1CCCS1)N1CCC(NCC2CC2)CC1. The molecule has 18 heavy (non-hydrogen) atoms. The molecule has 0 bridgehead atoms. The minimum Gasteiger partial charge on any atom is -0.342 e. The molecule has 0 aromatic carbocycles. The Balaban J connectivity index is 1.39.